The Bertz CT molecular complexity index is 772. The number of carboxylic acid groups (broad SMARTS) is 1. The predicted molar refractivity (Wildman–Crippen MR) is 79.3 cm³/mol. The maximum atomic E-state index is 12.5. The highest BCUT2D eigenvalue weighted by Crippen LogP contribution is 2.26. The highest BCUT2D eigenvalue weighted by Gasteiger charge is 2.19. The van der Waals surface area contributed by atoms with Crippen molar-refractivity contribution < 1.29 is 19.6 Å². The van der Waals surface area contributed by atoms with Gasteiger partial charge in [0.25, 0.3) is 5.69 Å². The molecule has 0 radical (unpaired) electrons. The van der Waals surface area contributed by atoms with E-state index in [0.29, 0.717) is 5.56 Å². The van der Waals surface area contributed by atoms with Gasteiger partial charge in [0, 0.05) is 17.2 Å². The van der Waals surface area contributed by atoms with Crippen LogP contribution in [0.2, 0.25) is 5.02 Å². The van der Waals surface area contributed by atoms with Crippen molar-refractivity contribution in [3.8, 4) is 0 Å². The number of aliphatic carboxylic acids is 1. The second-order valence-corrected chi connectivity index (χ2v) is 4.89. The van der Waals surface area contributed by atoms with Crippen molar-refractivity contribution in [2.24, 2.45) is 0 Å². The van der Waals surface area contributed by atoms with Crippen LogP contribution in [0.1, 0.15) is 21.5 Å². The highest BCUT2D eigenvalue weighted by molar-refractivity contribution is 6.32. The largest absolute Gasteiger partial charge is 0.481 e. The fourth-order valence-electron chi connectivity index (χ4n) is 2.01. The number of nitro groups is 1. The van der Waals surface area contributed by atoms with E-state index < -0.39 is 16.7 Å². The molecule has 0 aliphatic carbocycles. The van der Waals surface area contributed by atoms with Crippen LogP contribution in [0.15, 0.2) is 42.5 Å². The van der Waals surface area contributed by atoms with Gasteiger partial charge < -0.3 is 5.11 Å². The number of rotatable bonds is 5. The van der Waals surface area contributed by atoms with Crippen LogP contribution in [0, 0.1) is 10.1 Å². The van der Waals surface area contributed by atoms with Gasteiger partial charge in [0.15, 0.2) is 5.78 Å². The monoisotopic (exact) mass is 319 g/mol. The molecule has 0 spiro atoms. The third kappa shape index (κ3) is 3.29. The molecule has 1 N–H and O–H groups in total. The molecule has 0 saturated carbocycles. The van der Waals surface area contributed by atoms with Crippen molar-refractivity contribution in [2.45, 2.75) is 6.42 Å². The second kappa shape index (κ2) is 6.36. The Morgan fingerprint density at radius 2 is 1.86 bits per heavy atom. The molecule has 112 valence electrons. The number of carbonyl (C=O) groups is 2. The highest BCUT2D eigenvalue weighted by atomic mass is 35.5. The van der Waals surface area contributed by atoms with Gasteiger partial charge in [-0.3, -0.25) is 19.7 Å². The molecule has 0 atom stereocenters. The summed E-state index contributed by atoms with van der Waals surface area (Å²) < 4.78 is 0. The first kappa shape index (κ1) is 15.7. The topological polar surface area (TPSA) is 97.5 Å². The second-order valence-electron chi connectivity index (χ2n) is 4.48. The SMILES string of the molecule is O=C(O)Cc1ccccc1C(=O)c1ccc(Cl)c([N+](=O)[O-])c1. The normalized spacial score (nSPS) is 10.2. The van der Waals surface area contributed by atoms with Gasteiger partial charge in [0.1, 0.15) is 5.02 Å². The molecule has 7 heteroatoms. The van der Waals surface area contributed by atoms with Crippen LogP contribution >= 0.6 is 11.6 Å². The zero-order chi connectivity index (χ0) is 16.3. The number of carbonyl (C=O) groups excluding carboxylic acids is 1. The fraction of sp³-hybridized carbons (Fsp3) is 0.0667. The van der Waals surface area contributed by atoms with Gasteiger partial charge in [0.2, 0.25) is 0 Å². The van der Waals surface area contributed by atoms with E-state index >= 15 is 0 Å². The molecule has 2 aromatic rings. The number of hydrogen-bond acceptors (Lipinski definition) is 4. The van der Waals surface area contributed by atoms with E-state index in [1.165, 1.54) is 24.3 Å². The van der Waals surface area contributed by atoms with Gasteiger partial charge in [0.05, 0.1) is 11.3 Å². The zero-order valence-electron chi connectivity index (χ0n) is 11.2. The standard InChI is InChI=1S/C15H10ClNO5/c16-12-6-5-10(7-13(12)17(21)22)15(20)11-4-2-1-3-9(11)8-14(18)19/h1-7H,8H2,(H,18,19). The molecular weight excluding hydrogens is 310 g/mol. The van der Waals surface area contributed by atoms with Gasteiger partial charge >= 0.3 is 5.97 Å². The number of nitro benzene ring substituents is 1. The molecule has 2 aromatic carbocycles. The molecule has 2 rings (SSSR count). The van der Waals surface area contributed by atoms with Crippen LogP contribution < -0.4 is 0 Å². The van der Waals surface area contributed by atoms with Gasteiger partial charge in [-0.15, -0.1) is 0 Å². The van der Waals surface area contributed by atoms with Crippen molar-refractivity contribution >= 4 is 29.0 Å². The lowest BCUT2D eigenvalue weighted by molar-refractivity contribution is -0.384. The molecule has 0 amide bonds. The van der Waals surface area contributed by atoms with E-state index in [9.17, 15) is 19.7 Å². The van der Waals surface area contributed by atoms with E-state index in [1.54, 1.807) is 12.1 Å². The number of ketones is 1. The van der Waals surface area contributed by atoms with E-state index in [-0.39, 0.29) is 28.3 Å². The van der Waals surface area contributed by atoms with Gasteiger partial charge in [-0.05, 0) is 17.7 Å². The minimum Gasteiger partial charge on any atom is -0.481 e. The quantitative estimate of drug-likeness (QED) is 0.518. The number of halogens is 1. The maximum absolute atomic E-state index is 12.5. The fourth-order valence-corrected chi connectivity index (χ4v) is 2.19. The Hall–Kier alpha value is -2.73. The summed E-state index contributed by atoms with van der Waals surface area (Å²) in [5.41, 5.74) is 0.247. The van der Waals surface area contributed by atoms with Crippen molar-refractivity contribution in [3.63, 3.8) is 0 Å². The summed E-state index contributed by atoms with van der Waals surface area (Å²) in [5.74, 6) is -1.56. The van der Waals surface area contributed by atoms with Crippen molar-refractivity contribution in [2.75, 3.05) is 0 Å². The first-order valence-electron chi connectivity index (χ1n) is 6.18. The van der Waals surface area contributed by atoms with Crippen molar-refractivity contribution in [1.29, 1.82) is 0 Å². The predicted octanol–water partition coefficient (Wildman–Crippen LogP) is 3.11. The number of hydrogen-bond donors (Lipinski definition) is 1. The molecule has 0 saturated heterocycles. The Labute approximate surface area is 130 Å². The lowest BCUT2D eigenvalue weighted by Crippen LogP contribution is -2.09. The first-order valence-corrected chi connectivity index (χ1v) is 6.56. The molecule has 6 nitrogen and oxygen atoms in total. The van der Waals surface area contributed by atoms with E-state index in [4.69, 9.17) is 16.7 Å². The summed E-state index contributed by atoms with van der Waals surface area (Å²) >= 11 is 5.71. The summed E-state index contributed by atoms with van der Waals surface area (Å²) in [6.07, 6.45) is -0.308. The van der Waals surface area contributed by atoms with E-state index in [1.807, 2.05) is 0 Å². The molecule has 0 unspecified atom stereocenters. The Balaban J connectivity index is 2.47. The average Bonchev–Trinajstić information content (AvgIpc) is 2.46. The van der Waals surface area contributed by atoms with Crippen molar-refractivity contribution in [1.82, 2.24) is 0 Å². The molecule has 0 fully saturated rings. The van der Waals surface area contributed by atoms with Gasteiger partial charge in [-0.1, -0.05) is 35.9 Å². The lowest BCUT2D eigenvalue weighted by Gasteiger charge is -2.07. The number of carboxylic acids is 1. The third-order valence-corrected chi connectivity index (χ3v) is 3.33. The number of benzene rings is 2. The van der Waals surface area contributed by atoms with Crippen LogP contribution in [0.25, 0.3) is 0 Å². The molecule has 0 aliphatic rings. The molecule has 0 heterocycles. The minimum atomic E-state index is -1.07. The van der Waals surface area contributed by atoms with Crippen LogP contribution in [-0.4, -0.2) is 21.8 Å². The minimum absolute atomic E-state index is 0.0691. The Kier molecular flexibility index (Phi) is 4.53. The lowest BCUT2D eigenvalue weighted by atomic mass is 9.96. The van der Waals surface area contributed by atoms with Crippen LogP contribution in [0.3, 0.4) is 0 Å². The van der Waals surface area contributed by atoms with Crippen LogP contribution in [0.4, 0.5) is 5.69 Å². The average molecular weight is 320 g/mol. The smallest absolute Gasteiger partial charge is 0.307 e. The summed E-state index contributed by atoms with van der Waals surface area (Å²) in [6, 6.07) is 9.97. The summed E-state index contributed by atoms with van der Waals surface area (Å²) in [6.45, 7) is 0. The zero-order valence-corrected chi connectivity index (χ0v) is 11.9. The van der Waals surface area contributed by atoms with Crippen LogP contribution in [-0.2, 0) is 11.2 Å². The Morgan fingerprint density at radius 3 is 2.50 bits per heavy atom. The van der Waals surface area contributed by atoms with Gasteiger partial charge in [-0.25, -0.2) is 0 Å². The number of nitrogens with zero attached hydrogens (tertiary/aromatic N) is 1. The third-order valence-electron chi connectivity index (χ3n) is 3.01. The van der Waals surface area contributed by atoms with E-state index in [2.05, 4.69) is 0 Å². The molecule has 22 heavy (non-hydrogen) atoms. The summed E-state index contributed by atoms with van der Waals surface area (Å²) in [5, 5.41) is 19.7. The molecular formula is C15H10ClNO5. The first-order chi connectivity index (χ1) is 10.4. The van der Waals surface area contributed by atoms with Gasteiger partial charge in [-0.2, -0.15) is 0 Å². The molecule has 0 aromatic heterocycles. The Morgan fingerprint density at radius 1 is 1.18 bits per heavy atom. The van der Waals surface area contributed by atoms with E-state index in [0.717, 1.165) is 6.07 Å². The maximum Gasteiger partial charge on any atom is 0.307 e. The van der Waals surface area contributed by atoms with Crippen molar-refractivity contribution in [3.05, 3.63) is 74.3 Å². The molecule has 0 aliphatic heterocycles. The summed E-state index contributed by atoms with van der Waals surface area (Å²) in [4.78, 5) is 33.5. The van der Waals surface area contributed by atoms with Crippen LogP contribution in [0.5, 0.6) is 0 Å². The molecule has 0 bridgehead atoms. The summed E-state index contributed by atoms with van der Waals surface area (Å²) in [7, 11) is 0.